The van der Waals surface area contributed by atoms with Gasteiger partial charge in [0.15, 0.2) is 5.76 Å². The van der Waals surface area contributed by atoms with E-state index in [1.165, 1.54) is 0 Å². The minimum atomic E-state index is -0.842. The number of rotatable bonds is 4. The lowest BCUT2D eigenvalue weighted by Crippen LogP contribution is -2.40. The van der Waals surface area contributed by atoms with Gasteiger partial charge in [-0.15, -0.1) is 0 Å². The van der Waals surface area contributed by atoms with Gasteiger partial charge in [0.25, 0.3) is 5.91 Å². The van der Waals surface area contributed by atoms with Crippen LogP contribution in [0.5, 0.6) is 0 Å². The van der Waals surface area contributed by atoms with Gasteiger partial charge in [-0.3, -0.25) is 9.59 Å². The standard InChI is InChI=1S/C16H23NO4/c1-5-12-11(4)8-13(21-12)14(18)17-7-6-16(9-17,10(2)3)15(19)20/h8,10H,5-7,9H2,1-4H3,(H,19,20). The van der Waals surface area contributed by atoms with E-state index in [-0.39, 0.29) is 18.4 Å². The number of hydrogen-bond acceptors (Lipinski definition) is 3. The number of amides is 1. The van der Waals surface area contributed by atoms with Crippen molar-refractivity contribution in [2.45, 2.75) is 40.5 Å². The molecule has 0 saturated carbocycles. The van der Waals surface area contributed by atoms with E-state index >= 15 is 0 Å². The molecule has 1 fully saturated rings. The number of aryl methyl sites for hydroxylation is 2. The van der Waals surface area contributed by atoms with Crippen molar-refractivity contribution in [2.75, 3.05) is 13.1 Å². The SMILES string of the molecule is CCc1oc(C(=O)N2CCC(C(=O)O)(C(C)C)C2)cc1C. The van der Waals surface area contributed by atoms with Crippen molar-refractivity contribution in [1.29, 1.82) is 0 Å². The minimum absolute atomic E-state index is 0.0164. The number of carboxylic acid groups (broad SMARTS) is 1. The third kappa shape index (κ3) is 2.57. The molecule has 1 amide bonds. The third-order valence-corrected chi connectivity index (χ3v) is 4.67. The first-order valence-corrected chi connectivity index (χ1v) is 7.43. The van der Waals surface area contributed by atoms with Crippen molar-refractivity contribution in [3.8, 4) is 0 Å². The molecule has 0 aromatic carbocycles. The first-order valence-electron chi connectivity index (χ1n) is 7.43. The maximum atomic E-state index is 12.5. The maximum absolute atomic E-state index is 12.5. The van der Waals surface area contributed by atoms with Crippen LogP contribution in [0.1, 0.15) is 49.1 Å². The Bertz CT molecular complexity index is 561. The Kier molecular flexibility index (Phi) is 4.12. The van der Waals surface area contributed by atoms with E-state index in [9.17, 15) is 14.7 Å². The zero-order valence-corrected chi connectivity index (χ0v) is 13.1. The Morgan fingerprint density at radius 3 is 2.57 bits per heavy atom. The van der Waals surface area contributed by atoms with E-state index in [1.807, 2.05) is 27.7 Å². The Morgan fingerprint density at radius 2 is 2.14 bits per heavy atom. The summed E-state index contributed by atoms with van der Waals surface area (Å²) >= 11 is 0. The van der Waals surface area contributed by atoms with Crippen LogP contribution in [0, 0.1) is 18.3 Å². The van der Waals surface area contributed by atoms with E-state index in [2.05, 4.69) is 0 Å². The second kappa shape index (κ2) is 5.54. The normalized spacial score (nSPS) is 22.0. The fourth-order valence-electron chi connectivity index (χ4n) is 3.03. The van der Waals surface area contributed by atoms with Crippen LogP contribution in [0.4, 0.5) is 0 Å². The summed E-state index contributed by atoms with van der Waals surface area (Å²) in [5.74, 6) is 0.0804. The lowest BCUT2D eigenvalue weighted by atomic mass is 9.76. The number of carboxylic acids is 1. The summed E-state index contributed by atoms with van der Waals surface area (Å²) < 4.78 is 5.59. The van der Waals surface area contributed by atoms with Gasteiger partial charge in [-0.2, -0.15) is 0 Å². The molecule has 21 heavy (non-hydrogen) atoms. The number of likely N-dealkylation sites (tertiary alicyclic amines) is 1. The van der Waals surface area contributed by atoms with E-state index in [4.69, 9.17) is 4.42 Å². The van der Waals surface area contributed by atoms with Crippen molar-refractivity contribution < 1.29 is 19.1 Å². The van der Waals surface area contributed by atoms with Gasteiger partial charge in [0.2, 0.25) is 0 Å². The van der Waals surface area contributed by atoms with Gasteiger partial charge in [-0.1, -0.05) is 20.8 Å². The summed E-state index contributed by atoms with van der Waals surface area (Å²) in [6.45, 7) is 8.40. The molecule has 1 N–H and O–H groups in total. The minimum Gasteiger partial charge on any atom is -0.481 e. The predicted molar refractivity (Wildman–Crippen MR) is 78.3 cm³/mol. The molecule has 0 radical (unpaired) electrons. The largest absolute Gasteiger partial charge is 0.481 e. The van der Waals surface area contributed by atoms with E-state index < -0.39 is 11.4 Å². The molecule has 1 aliphatic rings. The van der Waals surface area contributed by atoms with Crippen LogP contribution in [0.25, 0.3) is 0 Å². The summed E-state index contributed by atoms with van der Waals surface area (Å²) in [4.78, 5) is 25.7. The van der Waals surface area contributed by atoms with E-state index in [0.717, 1.165) is 17.7 Å². The van der Waals surface area contributed by atoms with Crippen molar-refractivity contribution in [3.63, 3.8) is 0 Å². The summed E-state index contributed by atoms with van der Waals surface area (Å²) in [7, 11) is 0. The highest BCUT2D eigenvalue weighted by Gasteiger charge is 2.48. The first kappa shape index (κ1) is 15.6. The average Bonchev–Trinajstić information content (AvgIpc) is 3.02. The second-order valence-corrected chi connectivity index (χ2v) is 6.16. The van der Waals surface area contributed by atoms with Gasteiger partial charge in [-0.05, 0) is 30.9 Å². The summed E-state index contributed by atoms with van der Waals surface area (Å²) in [5.41, 5.74) is 0.124. The highest BCUT2D eigenvalue weighted by Crippen LogP contribution is 2.38. The third-order valence-electron chi connectivity index (χ3n) is 4.67. The highest BCUT2D eigenvalue weighted by atomic mass is 16.4. The molecule has 5 heteroatoms. The van der Waals surface area contributed by atoms with Crippen molar-refractivity contribution in [2.24, 2.45) is 11.3 Å². The van der Waals surface area contributed by atoms with Gasteiger partial charge in [0.05, 0.1) is 5.41 Å². The molecule has 0 aliphatic carbocycles. The van der Waals surface area contributed by atoms with E-state index in [0.29, 0.717) is 18.7 Å². The van der Waals surface area contributed by atoms with Crippen molar-refractivity contribution in [1.82, 2.24) is 4.90 Å². The zero-order chi connectivity index (χ0) is 15.8. The Morgan fingerprint density at radius 1 is 1.48 bits per heavy atom. The number of nitrogens with zero attached hydrogens (tertiary/aromatic N) is 1. The molecule has 0 bridgehead atoms. The van der Waals surface area contributed by atoms with Crippen molar-refractivity contribution >= 4 is 11.9 Å². The summed E-state index contributed by atoms with van der Waals surface area (Å²) in [6, 6.07) is 1.75. The molecule has 1 aromatic rings. The quantitative estimate of drug-likeness (QED) is 0.926. The topological polar surface area (TPSA) is 70.8 Å². The monoisotopic (exact) mass is 293 g/mol. The number of aliphatic carboxylic acids is 1. The molecule has 2 heterocycles. The fraction of sp³-hybridized carbons (Fsp3) is 0.625. The average molecular weight is 293 g/mol. The fourth-order valence-corrected chi connectivity index (χ4v) is 3.03. The van der Waals surface area contributed by atoms with Crippen LogP contribution >= 0.6 is 0 Å². The molecule has 1 atom stereocenters. The van der Waals surface area contributed by atoms with Gasteiger partial charge < -0.3 is 14.4 Å². The lowest BCUT2D eigenvalue weighted by Gasteiger charge is -2.28. The molecule has 0 spiro atoms. The molecule has 2 rings (SSSR count). The molecule has 1 unspecified atom stereocenters. The van der Waals surface area contributed by atoms with Crippen LogP contribution in [0.15, 0.2) is 10.5 Å². The van der Waals surface area contributed by atoms with Gasteiger partial charge in [-0.25, -0.2) is 0 Å². The molecule has 1 saturated heterocycles. The highest BCUT2D eigenvalue weighted by molar-refractivity contribution is 5.92. The van der Waals surface area contributed by atoms with Gasteiger partial charge in [0, 0.05) is 19.5 Å². The number of carbonyl (C=O) groups excluding carboxylic acids is 1. The number of hydrogen-bond donors (Lipinski definition) is 1. The Hall–Kier alpha value is -1.78. The molecular formula is C16H23NO4. The Labute approximate surface area is 124 Å². The molecule has 116 valence electrons. The Balaban J connectivity index is 2.20. The van der Waals surface area contributed by atoms with Crippen LogP contribution in [-0.4, -0.2) is 35.0 Å². The van der Waals surface area contributed by atoms with Crippen LogP contribution in [0.3, 0.4) is 0 Å². The molecule has 1 aromatic heterocycles. The number of carbonyl (C=O) groups is 2. The number of furan rings is 1. The van der Waals surface area contributed by atoms with Crippen LogP contribution < -0.4 is 0 Å². The van der Waals surface area contributed by atoms with Crippen molar-refractivity contribution in [3.05, 3.63) is 23.2 Å². The first-order chi connectivity index (χ1) is 9.81. The predicted octanol–water partition coefficient (Wildman–Crippen LogP) is 2.72. The van der Waals surface area contributed by atoms with Gasteiger partial charge >= 0.3 is 5.97 Å². The van der Waals surface area contributed by atoms with Gasteiger partial charge in [0.1, 0.15) is 5.76 Å². The molecule has 5 nitrogen and oxygen atoms in total. The molecule has 1 aliphatic heterocycles. The van der Waals surface area contributed by atoms with Crippen LogP contribution in [0.2, 0.25) is 0 Å². The summed E-state index contributed by atoms with van der Waals surface area (Å²) in [5, 5.41) is 9.53. The van der Waals surface area contributed by atoms with E-state index in [1.54, 1.807) is 11.0 Å². The maximum Gasteiger partial charge on any atom is 0.311 e. The second-order valence-electron chi connectivity index (χ2n) is 6.16. The lowest BCUT2D eigenvalue weighted by molar-refractivity contribution is -0.150. The zero-order valence-electron chi connectivity index (χ0n) is 13.1. The van der Waals surface area contributed by atoms with Crippen LogP contribution in [-0.2, 0) is 11.2 Å². The summed E-state index contributed by atoms with van der Waals surface area (Å²) in [6.07, 6.45) is 1.23. The molecular weight excluding hydrogens is 270 g/mol. The smallest absolute Gasteiger partial charge is 0.311 e.